The van der Waals surface area contributed by atoms with Crippen LogP contribution in [-0.4, -0.2) is 48.1 Å². The van der Waals surface area contributed by atoms with Crippen molar-refractivity contribution in [2.45, 2.75) is 62.9 Å². The molecule has 1 atom stereocenters. The van der Waals surface area contributed by atoms with E-state index >= 15 is 0 Å². The highest BCUT2D eigenvalue weighted by atomic mass is 16.7. The van der Waals surface area contributed by atoms with Gasteiger partial charge in [-0.15, -0.1) is 0 Å². The number of hydrogen-bond acceptors (Lipinski definition) is 7. The number of aliphatic hydroxyl groups is 6. The molecular formula is C10H23NO6. The van der Waals surface area contributed by atoms with Gasteiger partial charge in [0.15, 0.2) is 5.72 Å². The van der Waals surface area contributed by atoms with Gasteiger partial charge in [0.25, 0.3) is 5.79 Å². The van der Waals surface area contributed by atoms with Gasteiger partial charge in [-0.1, -0.05) is 32.6 Å². The van der Waals surface area contributed by atoms with Crippen LogP contribution in [0.25, 0.3) is 0 Å². The summed E-state index contributed by atoms with van der Waals surface area (Å²) in [7, 11) is 0. The molecule has 0 aliphatic carbocycles. The third-order valence-corrected chi connectivity index (χ3v) is 2.73. The first-order chi connectivity index (χ1) is 7.56. The highest BCUT2D eigenvalue weighted by Crippen LogP contribution is 2.28. The summed E-state index contributed by atoms with van der Waals surface area (Å²) in [6, 6.07) is 0. The van der Waals surface area contributed by atoms with Gasteiger partial charge in [-0.3, -0.25) is 5.73 Å². The third-order valence-electron chi connectivity index (χ3n) is 2.73. The summed E-state index contributed by atoms with van der Waals surface area (Å²) in [4.78, 5) is 0. The first-order valence-corrected chi connectivity index (χ1v) is 5.69. The van der Waals surface area contributed by atoms with Crippen LogP contribution in [0.3, 0.4) is 0 Å². The summed E-state index contributed by atoms with van der Waals surface area (Å²) < 4.78 is 0. The van der Waals surface area contributed by atoms with Crippen molar-refractivity contribution in [3.05, 3.63) is 0 Å². The molecule has 0 saturated heterocycles. The predicted molar refractivity (Wildman–Crippen MR) is 59.1 cm³/mol. The van der Waals surface area contributed by atoms with Gasteiger partial charge in [-0.2, -0.15) is 0 Å². The van der Waals surface area contributed by atoms with Crippen molar-refractivity contribution in [1.29, 1.82) is 0 Å². The second-order valence-electron chi connectivity index (χ2n) is 4.40. The van der Waals surface area contributed by atoms with Crippen molar-refractivity contribution < 1.29 is 30.6 Å². The Balaban J connectivity index is 4.28. The van der Waals surface area contributed by atoms with Crippen molar-refractivity contribution >= 4 is 0 Å². The maximum absolute atomic E-state index is 9.53. The molecule has 0 aromatic carbocycles. The first kappa shape index (κ1) is 16.7. The van der Waals surface area contributed by atoms with E-state index < -0.39 is 17.5 Å². The van der Waals surface area contributed by atoms with Gasteiger partial charge in [-0.25, -0.2) is 0 Å². The Labute approximate surface area is 100 Å². The molecule has 0 aliphatic heterocycles. The Bertz CT molecular complexity index is 223. The molecule has 0 aromatic rings. The minimum absolute atomic E-state index is 0.285. The van der Waals surface area contributed by atoms with Gasteiger partial charge in [0.1, 0.15) is 0 Å². The lowest BCUT2D eigenvalue weighted by molar-refractivity contribution is -0.481. The molecule has 0 spiro atoms. The molecule has 0 saturated carbocycles. The van der Waals surface area contributed by atoms with Gasteiger partial charge < -0.3 is 30.6 Å². The zero-order chi connectivity index (χ0) is 13.7. The van der Waals surface area contributed by atoms with Crippen LogP contribution < -0.4 is 5.73 Å². The van der Waals surface area contributed by atoms with E-state index in [0.29, 0.717) is 12.8 Å². The van der Waals surface area contributed by atoms with Crippen LogP contribution in [0.1, 0.15) is 45.4 Å². The summed E-state index contributed by atoms with van der Waals surface area (Å²) in [6.45, 7) is 2.03. The minimum atomic E-state index is -3.89. The molecule has 104 valence electrons. The first-order valence-electron chi connectivity index (χ1n) is 5.69. The zero-order valence-electron chi connectivity index (χ0n) is 10.0. The summed E-state index contributed by atoms with van der Waals surface area (Å²) >= 11 is 0. The fourth-order valence-electron chi connectivity index (χ4n) is 1.46. The minimum Gasteiger partial charge on any atom is -0.370 e. The molecule has 0 fully saturated rings. The van der Waals surface area contributed by atoms with E-state index in [2.05, 4.69) is 0 Å². The molecule has 0 aliphatic rings. The molecule has 0 heterocycles. The Morgan fingerprint density at radius 1 is 0.824 bits per heavy atom. The van der Waals surface area contributed by atoms with Gasteiger partial charge in [-0.05, 0) is 12.8 Å². The topological polar surface area (TPSA) is 147 Å². The van der Waals surface area contributed by atoms with Gasteiger partial charge in [0, 0.05) is 0 Å². The molecule has 0 aromatic heterocycles. The van der Waals surface area contributed by atoms with Crippen LogP contribution in [0.4, 0.5) is 0 Å². The molecule has 0 bridgehead atoms. The molecule has 8 N–H and O–H groups in total. The van der Waals surface area contributed by atoms with Crippen molar-refractivity contribution in [2.24, 2.45) is 5.73 Å². The molecule has 1 unspecified atom stereocenters. The molecule has 0 rings (SSSR count). The summed E-state index contributed by atoms with van der Waals surface area (Å²) in [5.41, 5.74) is 2.46. The van der Waals surface area contributed by atoms with Crippen molar-refractivity contribution in [2.75, 3.05) is 0 Å². The van der Waals surface area contributed by atoms with E-state index in [1.807, 2.05) is 6.92 Å². The Kier molecular flexibility index (Phi) is 5.95. The lowest BCUT2D eigenvalue weighted by Gasteiger charge is -2.40. The number of rotatable bonds is 8. The van der Waals surface area contributed by atoms with Crippen LogP contribution in [0, 0.1) is 0 Å². The van der Waals surface area contributed by atoms with E-state index in [-0.39, 0.29) is 6.42 Å². The Morgan fingerprint density at radius 2 is 1.29 bits per heavy atom. The largest absolute Gasteiger partial charge is 0.370 e. The van der Waals surface area contributed by atoms with Crippen molar-refractivity contribution in [1.82, 2.24) is 0 Å². The number of hydrogen-bond donors (Lipinski definition) is 7. The average molecular weight is 253 g/mol. The van der Waals surface area contributed by atoms with Gasteiger partial charge >= 0.3 is 5.97 Å². The Hall–Kier alpha value is -0.280. The standard InChI is InChI=1S/C10H23NO6/c1-2-3-4-5-6-7-8(11,12)9(13,14)10(15,16)17/h12-17H,2-7,11H2,1H3. The van der Waals surface area contributed by atoms with Crippen molar-refractivity contribution in [3.63, 3.8) is 0 Å². The maximum atomic E-state index is 9.53. The van der Waals surface area contributed by atoms with E-state index in [1.165, 1.54) is 0 Å². The fourth-order valence-corrected chi connectivity index (χ4v) is 1.46. The average Bonchev–Trinajstić information content (AvgIpc) is 2.15. The van der Waals surface area contributed by atoms with E-state index in [0.717, 1.165) is 19.3 Å². The fraction of sp³-hybridized carbons (Fsp3) is 1.00. The van der Waals surface area contributed by atoms with Gasteiger partial charge in [0.05, 0.1) is 0 Å². The SMILES string of the molecule is CCCCCCCC(N)(O)C(O)(O)C(O)(O)O. The summed E-state index contributed by atoms with van der Waals surface area (Å²) in [5.74, 6) is -7.51. The molecule has 7 nitrogen and oxygen atoms in total. The van der Waals surface area contributed by atoms with E-state index in [4.69, 9.17) is 21.1 Å². The van der Waals surface area contributed by atoms with E-state index in [9.17, 15) is 15.3 Å². The Morgan fingerprint density at radius 3 is 1.71 bits per heavy atom. The predicted octanol–water partition coefficient (Wildman–Crippen LogP) is -1.69. The monoisotopic (exact) mass is 253 g/mol. The lowest BCUT2D eigenvalue weighted by Crippen LogP contribution is -2.72. The smallest absolute Gasteiger partial charge is 0.337 e. The molecular weight excluding hydrogens is 230 g/mol. The van der Waals surface area contributed by atoms with Crippen molar-refractivity contribution in [3.8, 4) is 0 Å². The normalized spacial score (nSPS) is 16.9. The number of unbranched alkanes of at least 4 members (excludes halogenated alkanes) is 4. The van der Waals surface area contributed by atoms with Crippen LogP contribution >= 0.6 is 0 Å². The second-order valence-corrected chi connectivity index (χ2v) is 4.40. The van der Waals surface area contributed by atoms with E-state index in [1.54, 1.807) is 0 Å². The lowest BCUT2D eigenvalue weighted by atomic mass is 9.94. The third kappa shape index (κ3) is 4.47. The maximum Gasteiger partial charge on any atom is 0.337 e. The second kappa shape index (κ2) is 6.05. The summed E-state index contributed by atoms with van der Waals surface area (Å²) in [6.07, 6.45) is 3.73. The summed E-state index contributed by atoms with van der Waals surface area (Å²) in [5, 5.41) is 54.0. The van der Waals surface area contributed by atoms with Gasteiger partial charge in [0.2, 0.25) is 0 Å². The highest BCUT2D eigenvalue weighted by molar-refractivity contribution is 4.91. The zero-order valence-corrected chi connectivity index (χ0v) is 10.0. The molecule has 0 amide bonds. The van der Waals surface area contributed by atoms with Crippen LogP contribution in [0.5, 0.6) is 0 Å². The number of nitrogens with two attached hydrogens (primary N) is 1. The molecule has 7 heteroatoms. The quantitative estimate of drug-likeness (QED) is 0.201. The van der Waals surface area contributed by atoms with Crippen LogP contribution in [0.15, 0.2) is 0 Å². The molecule has 17 heavy (non-hydrogen) atoms. The van der Waals surface area contributed by atoms with Crippen LogP contribution in [0.2, 0.25) is 0 Å². The highest BCUT2D eigenvalue weighted by Gasteiger charge is 2.59. The van der Waals surface area contributed by atoms with Crippen LogP contribution in [-0.2, 0) is 0 Å². The molecule has 0 radical (unpaired) electrons.